The SMILES string of the molecule is CC(N)C1CCCN(C(=O)C2CCSC2)C1. The average molecular weight is 242 g/mol. The Kier molecular flexibility index (Phi) is 4.14. The van der Waals surface area contributed by atoms with Crippen LogP contribution in [0.3, 0.4) is 0 Å². The van der Waals surface area contributed by atoms with Gasteiger partial charge >= 0.3 is 0 Å². The van der Waals surface area contributed by atoms with Crippen LogP contribution in [0, 0.1) is 11.8 Å². The normalized spacial score (nSPS) is 32.8. The summed E-state index contributed by atoms with van der Waals surface area (Å²) in [5, 5.41) is 0. The summed E-state index contributed by atoms with van der Waals surface area (Å²) >= 11 is 1.91. The minimum atomic E-state index is 0.216. The molecule has 2 heterocycles. The van der Waals surface area contributed by atoms with E-state index in [0.717, 1.165) is 37.4 Å². The van der Waals surface area contributed by atoms with Gasteiger partial charge in [0.25, 0.3) is 0 Å². The Morgan fingerprint density at radius 1 is 1.50 bits per heavy atom. The topological polar surface area (TPSA) is 46.3 Å². The number of amides is 1. The number of nitrogens with two attached hydrogens (primary N) is 1. The zero-order valence-corrected chi connectivity index (χ0v) is 10.8. The van der Waals surface area contributed by atoms with E-state index in [1.807, 2.05) is 11.8 Å². The van der Waals surface area contributed by atoms with Gasteiger partial charge < -0.3 is 10.6 Å². The van der Waals surface area contributed by atoms with E-state index in [9.17, 15) is 4.79 Å². The number of thioether (sulfide) groups is 1. The lowest BCUT2D eigenvalue weighted by Gasteiger charge is -2.35. The van der Waals surface area contributed by atoms with Crippen molar-refractivity contribution in [1.29, 1.82) is 0 Å². The van der Waals surface area contributed by atoms with Crippen LogP contribution in [0.1, 0.15) is 26.2 Å². The molecule has 3 atom stereocenters. The van der Waals surface area contributed by atoms with E-state index in [2.05, 4.69) is 11.8 Å². The molecule has 0 radical (unpaired) electrons. The van der Waals surface area contributed by atoms with Crippen molar-refractivity contribution in [3.63, 3.8) is 0 Å². The molecule has 0 bridgehead atoms. The minimum absolute atomic E-state index is 0.216. The zero-order chi connectivity index (χ0) is 11.5. The van der Waals surface area contributed by atoms with E-state index < -0.39 is 0 Å². The van der Waals surface area contributed by atoms with Gasteiger partial charge in [-0.15, -0.1) is 0 Å². The molecule has 0 aromatic carbocycles. The lowest BCUT2D eigenvalue weighted by Crippen LogP contribution is -2.47. The van der Waals surface area contributed by atoms with Gasteiger partial charge in [0.15, 0.2) is 0 Å². The summed E-state index contributed by atoms with van der Waals surface area (Å²) in [4.78, 5) is 14.3. The molecule has 3 unspecified atom stereocenters. The largest absolute Gasteiger partial charge is 0.342 e. The second kappa shape index (κ2) is 5.41. The first-order chi connectivity index (χ1) is 7.68. The lowest BCUT2D eigenvalue weighted by molar-refractivity contribution is -0.136. The molecule has 2 N–H and O–H groups in total. The number of nitrogens with zero attached hydrogens (tertiary/aromatic N) is 1. The van der Waals surface area contributed by atoms with Crippen molar-refractivity contribution in [3.05, 3.63) is 0 Å². The molecule has 3 nitrogen and oxygen atoms in total. The molecule has 2 aliphatic rings. The number of carbonyl (C=O) groups excluding carboxylic acids is 1. The first kappa shape index (κ1) is 12.2. The Balaban J connectivity index is 1.90. The Morgan fingerprint density at radius 3 is 2.94 bits per heavy atom. The Labute approximate surface area is 102 Å². The molecule has 2 saturated heterocycles. The number of carbonyl (C=O) groups is 1. The molecule has 2 rings (SSSR count). The average Bonchev–Trinajstić information content (AvgIpc) is 2.81. The molecule has 0 aliphatic carbocycles. The fourth-order valence-corrected chi connectivity index (χ4v) is 3.84. The van der Waals surface area contributed by atoms with Crippen molar-refractivity contribution in [1.82, 2.24) is 4.90 Å². The molecule has 0 saturated carbocycles. The molecule has 4 heteroatoms. The predicted octanol–water partition coefficient (Wildman–Crippen LogP) is 1.33. The third kappa shape index (κ3) is 2.72. The van der Waals surface area contributed by atoms with Gasteiger partial charge in [-0.1, -0.05) is 0 Å². The molecule has 0 aromatic rings. The number of likely N-dealkylation sites (tertiary alicyclic amines) is 1. The van der Waals surface area contributed by atoms with E-state index in [4.69, 9.17) is 5.73 Å². The standard InChI is InChI=1S/C12H22N2OS/c1-9(13)10-3-2-5-14(7-10)12(15)11-4-6-16-8-11/h9-11H,2-8,13H2,1H3. The third-order valence-electron chi connectivity index (χ3n) is 3.79. The van der Waals surface area contributed by atoms with Crippen molar-refractivity contribution < 1.29 is 4.79 Å². The Hall–Kier alpha value is -0.220. The van der Waals surface area contributed by atoms with Gasteiger partial charge in [0.1, 0.15) is 0 Å². The van der Waals surface area contributed by atoms with E-state index in [-0.39, 0.29) is 12.0 Å². The maximum absolute atomic E-state index is 12.2. The molecule has 92 valence electrons. The minimum Gasteiger partial charge on any atom is -0.342 e. The van der Waals surface area contributed by atoms with Crippen molar-refractivity contribution in [3.8, 4) is 0 Å². The highest BCUT2D eigenvalue weighted by atomic mass is 32.2. The second-order valence-electron chi connectivity index (χ2n) is 5.11. The van der Waals surface area contributed by atoms with Crippen LogP contribution in [0.5, 0.6) is 0 Å². The second-order valence-corrected chi connectivity index (χ2v) is 6.26. The number of hydrogen-bond donors (Lipinski definition) is 1. The molecule has 2 fully saturated rings. The van der Waals surface area contributed by atoms with Gasteiger partial charge in [0.05, 0.1) is 0 Å². The van der Waals surface area contributed by atoms with E-state index >= 15 is 0 Å². The smallest absolute Gasteiger partial charge is 0.226 e. The number of piperidine rings is 1. The van der Waals surface area contributed by atoms with Crippen LogP contribution in [0.15, 0.2) is 0 Å². The quantitative estimate of drug-likeness (QED) is 0.794. The van der Waals surface area contributed by atoms with Crippen LogP contribution in [-0.2, 0) is 4.79 Å². The summed E-state index contributed by atoms with van der Waals surface area (Å²) < 4.78 is 0. The van der Waals surface area contributed by atoms with E-state index in [1.165, 1.54) is 6.42 Å². The van der Waals surface area contributed by atoms with Gasteiger partial charge in [-0.3, -0.25) is 4.79 Å². The van der Waals surface area contributed by atoms with Gasteiger partial charge in [-0.05, 0) is 37.9 Å². The van der Waals surface area contributed by atoms with Gasteiger partial charge in [0, 0.05) is 30.8 Å². The van der Waals surface area contributed by atoms with Crippen LogP contribution in [0.25, 0.3) is 0 Å². The maximum Gasteiger partial charge on any atom is 0.226 e. The molecule has 1 amide bonds. The first-order valence-electron chi connectivity index (χ1n) is 6.30. The summed E-state index contributed by atoms with van der Waals surface area (Å²) in [5.41, 5.74) is 5.94. The Morgan fingerprint density at radius 2 is 2.31 bits per heavy atom. The van der Waals surface area contributed by atoms with Crippen LogP contribution in [0.4, 0.5) is 0 Å². The zero-order valence-electron chi connectivity index (χ0n) is 10.0. The van der Waals surface area contributed by atoms with Crippen molar-refractivity contribution in [2.75, 3.05) is 24.6 Å². The maximum atomic E-state index is 12.2. The first-order valence-corrected chi connectivity index (χ1v) is 7.46. The molecule has 16 heavy (non-hydrogen) atoms. The highest BCUT2D eigenvalue weighted by molar-refractivity contribution is 7.99. The highest BCUT2D eigenvalue weighted by Gasteiger charge is 2.31. The summed E-state index contributed by atoms with van der Waals surface area (Å²) in [6.45, 7) is 3.89. The van der Waals surface area contributed by atoms with Gasteiger partial charge in [0.2, 0.25) is 5.91 Å². The van der Waals surface area contributed by atoms with E-state index in [1.54, 1.807) is 0 Å². The summed E-state index contributed by atoms with van der Waals surface area (Å²) in [6.07, 6.45) is 3.38. The predicted molar refractivity (Wildman–Crippen MR) is 68.4 cm³/mol. The highest BCUT2D eigenvalue weighted by Crippen LogP contribution is 2.27. The van der Waals surface area contributed by atoms with Crippen molar-refractivity contribution in [2.24, 2.45) is 17.6 Å². The molecular weight excluding hydrogens is 220 g/mol. The van der Waals surface area contributed by atoms with Gasteiger partial charge in [-0.2, -0.15) is 11.8 Å². The summed E-state index contributed by atoms with van der Waals surface area (Å²) in [5.74, 6) is 3.36. The van der Waals surface area contributed by atoms with Crippen LogP contribution >= 0.6 is 11.8 Å². The molecule has 0 spiro atoms. The number of hydrogen-bond acceptors (Lipinski definition) is 3. The van der Waals surface area contributed by atoms with Gasteiger partial charge in [-0.25, -0.2) is 0 Å². The monoisotopic (exact) mass is 242 g/mol. The lowest BCUT2D eigenvalue weighted by atomic mass is 9.91. The van der Waals surface area contributed by atoms with Crippen LogP contribution in [-0.4, -0.2) is 41.4 Å². The molecular formula is C12H22N2OS. The number of rotatable bonds is 2. The van der Waals surface area contributed by atoms with Crippen molar-refractivity contribution >= 4 is 17.7 Å². The fourth-order valence-electron chi connectivity index (χ4n) is 2.63. The third-order valence-corrected chi connectivity index (χ3v) is 4.95. The van der Waals surface area contributed by atoms with Crippen molar-refractivity contribution in [2.45, 2.75) is 32.2 Å². The molecule has 2 aliphatic heterocycles. The van der Waals surface area contributed by atoms with Crippen LogP contribution in [0.2, 0.25) is 0 Å². The van der Waals surface area contributed by atoms with Crippen LogP contribution < -0.4 is 5.73 Å². The summed E-state index contributed by atoms with van der Waals surface area (Å²) in [6, 6.07) is 0.216. The fraction of sp³-hybridized carbons (Fsp3) is 0.917. The summed E-state index contributed by atoms with van der Waals surface area (Å²) in [7, 11) is 0. The van der Waals surface area contributed by atoms with E-state index in [0.29, 0.717) is 11.8 Å². The molecule has 0 aromatic heterocycles. The Bertz CT molecular complexity index is 251.